The number of hydrogen-bond acceptors (Lipinski definition) is 3. The molecule has 82 valence electrons. The highest BCUT2D eigenvalue weighted by atomic mass is 15.3. The summed E-state index contributed by atoms with van der Waals surface area (Å²) in [6.45, 7) is 0. The fraction of sp³-hybridized carbons (Fsp3) is 0.0769. The second-order valence-electron chi connectivity index (χ2n) is 3.53. The van der Waals surface area contributed by atoms with Crippen molar-refractivity contribution in [2.75, 3.05) is 4.90 Å². The molecule has 0 aliphatic rings. The van der Waals surface area contributed by atoms with E-state index in [-0.39, 0.29) is 0 Å². The molecule has 3 heteroatoms. The van der Waals surface area contributed by atoms with Gasteiger partial charge in [-0.2, -0.15) is 0 Å². The average molecular weight is 213 g/mol. The highest BCUT2D eigenvalue weighted by Gasteiger charge is 2.12. The molecule has 0 spiro atoms. The van der Waals surface area contributed by atoms with Crippen LogP contribution < -0.4 is 16.4 Å². The second-order valence-corrected chi connectivity index (χ2v) is 3.53. The van der Waals surface area contributed by atoms with Crippen molar-refractivity contribution in [3.8, 4) is 0 Å². The van der Waals surface area contributed by atoms with Crippen molar-refractivity contribution >= 4 is 11.4 Å². The Hall–Kier alpha value is -1.84. The normalized spacial score (nSPS) is 10.4. The molecule has 4 N–H and O–H groups in total. The Morgan fingerprint density at radius 1 is 0.688 bits per heavy atom. The second kappa shape index (κ2) is 4.79. The molecule has 0 fully saturated rings. The first-order valence-electron chi connectivity index (χ1n) is 5.19. The molecule has 0 radical (unpaired) electrons. The Kier molecular flexibility index (Phi) is 3.19. The van der Waals surface area contributed by atoms with Gasteiger partial charge < -0.3 is 4.90 Å². The van der Waals surface area contributed by atoms with E-state index in [1.54, 1.807) is 0 Å². The van der Waals surface area contributed by atoms with Gasteiger partial charge in [0.1, 0.15) is 6.29 Å². The van der Waals surface area contributed by atoms with E-state index < -0.39 is 6.29 Å². The predicted octanol–water partition coefficient (Wildman–Crippen LogP) is 2.03. The smallest absolute Gasteiger partial charge is 0.134 e. The zero-order valence-corrected chi connectivity index (χ0v) is 8.95. The Labute approximate surface area is 95.3 Å². The van der Waals surface area contributed by atoms with E-state index in [4.69, 9.17) is 11.5 Å². The Morgan fingerprint density at radius 2 is 1.06 bits per heavy atom. The summed E-state index contributed by atoms with van der Waals surface area (Å²) in [5, 5.41) is 0. The summed E-state index contributed by atoms with van der Waals surface area (Å²) in [7, 11) is 0. The molecule has 0 amide bonds. The van der Waals surface area contributed by atoms with E-state index in [1.165, 1.54) is 0 Å². The number of nitrogens with two attached hydrogens (primary N) is 2. The fourth-order valence-corrected chi connectivity index (χ4v) is 1.67. The molecule has 3 nitrogen and oxygen atoms in total. The van der Waals surface area contributed by atoms with E-state index in [0.29, 0.717) is 0 Å². The molecule has 0 aliphatic carbocycles. The lowest BCUT2D eigenvalue weighted by molar-refractivity contribution is 0.716. The van der Waals surface area contributed by atoms with Crippen LogP contribution in [-0.2, 0) is 0 Å². The van der Waals surface area contributed by atoms with Crippen molar-refractivity contribution in [3.63, 3.8) is 0 Å². The van der Waals surface area contributed by atoms with E-state index in [1.807, 2.05) is 65.6 Å². The first kappa shape index (κ1) is 10.7. The third-order valence-electron chi connectivity index (χ3n) is 2.37. The molecule has 2 aromatic carbocycles. The van der Waals surface area contributed by atoms with Crippen molar-refractivity contribution in [3.05, 3.63) is 60.7 Å². The quantitative estimate of drug-likeness (QED) is 0.767. The van der Waals surface area contributed by atoms with Gasteiger partial charge in [0.05, 0.1) is 0 Å². The van der Waals surface area contributed by atoms with Crippen molar-refractivity contribution < 1.29 is 0 Å². The topological polar surface area (TPSA) is 55.3 Å². The largest absolute Gasteiger partial charge is 0.313 e. The van der Waals surface area contributed by atoms with Crippen molar-refractivity contribution in [1.82, 2.24) is 0 Å². The minimum absolute atomic E-state index is 0.551. The molecule has 16 heavy (non-hydrogen) atoms. The molecular weight excluding hydrogens is 198 g/mol. The molecule has 0 bridgehead atoms. The van der Waals surface area contributed by atoms with Crippen LogP contribution in [0.1, 0.15) is 0 Å². The van der Waals surface area contributed by atoms with Crippen LogP contribution in [0.25, 0.3) is 0 Å². The molecule has 0 atom stereocenters. The number of hydrogen-bond donors (Lipinski definition) is 2. The van der Waals surface area contributed by atoms with Crippen molar-refractivity contribution in [1.29, 1.82) is 0 Å². The van der Waals surface area contributed by atoms with Gasteiger partial charge in [0, 0.05) is 11.4 Å². The SMILES string of the molecule is NC(N)N(c1ccccc1)c1ccccc1. The summed E-state index contributed by atoms with van der Waals surface area (Å²) in [4.78, 5) is 1.89. The zero-order chi connectivity index (χ0) is 11.4. The third-order valence-corrected chi connectivity index (χ3v) is 2.37. The van der Waals surface area contributed by atoms with Crippen LogP contribution in [0, 0.1) is 0 Å². The highest BCUT2D eigenvalue weighted by molar-refractivity contribution is 5.63. The van der Waals surface area contributed by atoms with Gasteiger partial charge in [-0.25, -0.2) is 0 Å². The first-order chi connectivity index (χ1) is 7.79. The van der Waals surface area contributed by atoms with Crippen LogP contribution in [0.2, 0.25) is 0 Å². The van der Waals surface area contributed by atoms with Crippen LogP contribution in [-0.4, -0.2) is 6.29 Å². The van der Waals surface area contributed by atoms with Crippen molar-refractivity contribution in [2.45, 2.75) is 6.29 Å². The summed E-state index contributed by atoms with van der Waals surface area (Å²) >= 11 is 0. The molecule has 0 unspecified atom stereocenters. The first-order valence-corrected chi connectivity index (χ1v) is 5.19. The van der Waals surface area contributed by atoms with Crippen LogP contribution in [0.15, 0.2) is 60.7 Å². The van der Waals surface area contributed by atoms with Crippen molar-refractivity contribution in [2.24, 2.45) is 11.5 Å². The molecule has 2 aromatic rings. The molecule has 0 aliphatic heterocycles. The van der Waals surface area contributed by atoms with Crippen LogP contribution in [0.5, 0.6) is 0 Å². The number of anilines is 2. The average Bonchev–Trinajstić information content (AvgIpc) is 2.31. The minimum Gasteiger partial charge on any atom is -0.313 e. The molecule has 0 aromatic heterocycles. The Balaban J connectivity index is 2.40. The maximum Gasteiger partial charge on any atom is 0.134 e. The molecule has 0 heterocycles. The summed E-state index contributed by atoms with van der Waals surface area (Å²) in [6, 6.07) is 19.7. The summed E-state index contributed by atoms with van der Waals surface area (Å²) in [5.74, 6) is 0. The molecule has 0 saturated carbocycles. The predicted molar refractivity (Wildman–Crippen MR) is 67.2 cm³/mol. The monoisotopic (exact) mass is 213 g/mol. The van der Waals surface area contributed by atoms with E-state index in [2.05, 4.69) is 0 Å². The fourth-order valence-electron chi connectivity index (χ4n) is 1.67. The van der Waals surface area contributed by atoms with Crippen LogP contribution in [0.4, 0.5) is 11.4 Å². The van der Waals surface area contributed by atoms with Gasteiger partial charge in [0.25, 0.3) is 0 Å². The maximum absolute atomic E-state index is 5.80. The number of nitrogens with zero attached hydrogens (tertiary/aromatic N) is 1. The highest BCUT2D eigenvalue weighted by Crippen LogP contribution is 2.24. The van der Waals surface area contributed by atoms with Gasteiger partial charge in [0.2, 0.25) is 0 Å². The molecular formula is C13H15N3. The van der Waals surface area contributed by atoms with Gasteiger partial charge in [-0.1, -0.05) is 36.4 Å². The number of benzene rings is 2. The molecule has 2 rings (SSSR count). The zero-order valence-electron chi connectivity index (χ0n) is 8.95. The number of rotatable bonds is 3. The lowest BCUT2D eigenvalue weighted by Crippen LogP contribution is -2.46. The van der Waals surface area contributed by atoms with E-state index in [9.17, 15) is 0 Å². The standard InChI is InChI=1S/C13H15N3/c14-13(15)16(11-7-3-1-4-8-11)12-9-5-2-6-10-12/h1-10,13H,14-15H2. The van der Waals surface area contributed by atoms with Gasteiger partial charge in [0.15, 0.2) is 0 Å². The summed E-state index contributed by atoms with van der Waals surface area (Å²) in [5.41, 5.74) is 13.6. The van der Waals surface area contributed by atoms with Crippen LogP contribution in [0.3, 0.4) is 0 Å². The Morgan fingerprint density at radius 3 is 1.38 bits per heavy atom. The van der Waals surface area contributed by atoms with Gasteiger partial charge in [-0.3, -0.25) is 11.5 Å². The van der Waals surface area contributed by atoms with Gasteiger partial charge in [-0.15, -0.1) is 0 Å². The number of para-hydroxylation sites is 2. The maximum atomic E-state index is 5.80. The van der Waals surface area contributed by atoms with E-state index in [0.717, 1.165) is 11.4 Å². The van der Waals surface area contributed by atoms with Crippen LogP contribution >= 0.6 is 0 Å². The lowest BCUT2D eigenvalue weighted by Gasteiger charge is -2.28. The van der Waals surface area contributed by atoms with Gasteiger partial charge in [-0.05, 0) is 24.3 Å². The Bertz CT molecular complexity index is 386. The molecule has 0 saturated heterocycles. The van der Waals surface area contributed by atoms with E-state index >= 15 is 0 Å². The third kappa shape index (κ3) is 2.21. The summed E-state index contributed by atoms with van der Waals surface area (Å²) in [6.07, 6.45) is -0.551. The summed E-state index contributed by atoms with van der Waals surface area (Å²) < 4.78 is 0. The van der Waals surface area contributed by atoms with Gasteiger partial charge >= 0.3 is 0 Å². The minimum atomic E-state index is -0.551. The lowest BCUT2D eigenvalue weighted by atomic mass is 10.2.